The standard InChI is InChI=1S/C16H20Cl2N2O5S/c1-25-16(22)11-3-5-19(6-4-11)15(21)10-20(26(2,23)24)14-8-12(17)7-13(18)9-14/h7-9,11H,3-6,10H2,1-2H3. The lowest BCUT2D eigenvalue weighted by molar-refractivity contribution is -0.148. The van der Waals surface area contributed by atoms with Gasteiger partial charge in [-0.2, -0.15) is 0 Å². The number of methoxy groups -OCH3 is 1. The topological polar surface area (TPSA) is 84.0 Å². The second-order valence-corrected chi connectivity index (χ2v) is 8.86. The molecule has 2 rings (SSSR count). The molecular weight excluding hydrogens is 403 g/mol. The van der Waals surface area contributed by atoms with Gasteiger partial charge in [0.1, 0.15) is 6.54 Å². The summed E-state index contributed by atoms with van der Waals surface area (Å²) < 4.78 is 30.0. The lowest BCUT2D eigenvalue weighted by atomic mass is 9.97. The third-order valence-electron chi connectivity index (χ3n) is 4.20. The minimum Gasteiger partial charge on any atom is -0.469 e. The van der Waals surface area contributed by atoms with Gasteiger partial charge in [-0.15, -0.1) is 0 Å². The van der Waals surface area contributed by atoms with Crippen molar-refractivity contribution in [2.75, 3.05) is 37.3 Å². The van der Waals surface area contributed by atoms with E-state index in [0.717, 1.165) is 10.6 Å². The summed E-state index contributed by atoms with van der Waals surface area (Å²) in [6.07, 6.45) is 1.99. The van der Waals surface area contributed by atoms with E-state index in [1.165, 1.54) is 25.3 Å². The van der Waals surface area contributed by atoms with E-state index in [4.69, 9.17) is 27.9 Å². The highest BCUT2D eigenvalue weighted by atomic mass is 35.5. The van der Waals surface area contributed by atoms with Crippen LogP contribution in [0.1, 0.15) is 12.8 Å². The fourth-order valence-corrected chi connectivity index (χ4v) is 4.19. The molecular formula is C16H20Cl2N2O5S. The van der Waals surface area contributed by atoms with Gasteiger partial charge in [0.25, 0.3) is 0 Å². The highest BCUT2D eigenvalue weighted by Crippen LogP contribution is 2.27. The number of esters is 1. The molecule has 0 radical (unpaired) electrons. The SMILES string of the molecule is COC(=O)C1CCN(C(=O)CN(c2cc(Cl)cc(Cl)c2)S(C)(=O)=O)CC1. The highest BCUT2D eigenvalue weighted by molar-refractivity contribution is 7.92. The maximum Gasteiger partial charge on any atom is 0.308 e. The Morgan fingerprint density at radius 3 is 2.19 bits per heavy atom. The number of nitrogens with zero attached hydrogens (tertiary/aromatic N) is 2. The number of carbonyl (C=O) groups excluding carboxylic acids is 2. The van der Waals surface area contributed by atoms with E-state index in [-0.39, 0.29) is 40.1 Å². The van der Waals surface area contributed by atoms with Crippen molar-refractivity contribution in [1.29, 1.82) is 0 Å². The van der Waals surface area contributed by atoms with Gasteiger partial charge in [-0.25, -0.2) is 8.42 Å². The van der Waals surface area contributed by atoms with E-state index in [1.807, 2.05) is 0 Å². The number of hydrogen-bond donors (Lipinski definition) is 0. The maximum absolute atomic E-state index is 12.6. The predicted molar refractivity (Wildman–Crippen MR) is 100.0 cm³/mol. The lowest BCUT2D eigenvalue weighted by Crippen LogP contribution is -2.46. The van der Waals surface area contributed by atoms with Crippen LogP contribution in [0, 0.1) is 5.92 Å². The second kappa shape index (κ2) is 8.45. The van der Waals surface area contributed by atoms with Gasteiger partial charge in [-0.1, -0.05) is 23.2 Å². The van der Waals surface area contributed by atoms with Crippen molar-refractivity contribution in [1.82, 2.24) is 4.90 Å². The van der Waals surface area contributed by atoms with Crippen LogP contribution >= 0.6 is 23.2 Å². The minimum atomic E-state index is -3.72. The summed E-state index contributed by atoms with van der Waals surface area (Å²) in [5, 5.41) is 0.542. The molecule has 0 spiro atoms. The number of benzene rings is 1. The van der Waals surface area contributed by atoms with Gasteiger partial charge >= 0.3 is 5.97 Å². The average molecular weight is 423 g/mol. The molecule has 0 aliphatic carbocycles. The van der Waals surface area contributed by atoms with E-state index >= 15 is 0 Å². The number of likely N-dealkylation sites (tertiary alicyclic amines) is 1. The summed E-state index contributed by atoms with van der Waals surface area (Å²) in [5.74, 6) is -0.875. The molecule has 7 nitrogen and oxygen atoms in total. The molecule has 1 aromatic carbocycles. The van der Waals surface area contributed by atoms with Gasteiger partial charge in [0.2, 0.25) is 15.9 Å². The summed E-state index contributed by atoms with van der Waals surface area (Å²) in [6, 6.07) is 4.35. The molecule has 0 N–H and O–H groups in total. The monoisotopic (exact) mass is 422 g/mol. The predicted octanol–water partition coefficient (Wildman–Crippen LogP) is 2.17. The minimum absolute atomic E-state index is 0.225. The van der Waals surface area contributed by atoms with Gasteiger partial charge < -0.3 is 9.64 Å². The summed E-state index contributed by atoms with van der Waals surface area (Å²) in [7, 11) is -2.39. The molecule has 0 atom stereocenters. The van der Waals surface area contributed by atoms with Crippen LogP contribution in [0.2, 0.25) is 10.0 Å². The average Bonchev–Trinajstić information content (AvgIpc) is 2.57. The lowest BCUT2D eigenvalue weighted by Gasteiger charge is -2.32. The number of sulfonamides is 1. The highest BCUT2D eigenvalue weighted by Gasteiger charge is 2.30. The number of rotatable bonds is 5. The van der Waals surface area contributed by atoms with E-state index in [9.17, 15) is 18.0 Å². The molecule has 26 heavy (non-hydrogen) atoms. The van der Waals surface area contributed by atoms with Gasteiger partial charge in [0.15, 0.2) is 0 Å². The third kappa shape index (κ3) is 5.25. The summed E-state index contributed by atoms with van der Waals surface area (Å²) in [4.78, 5) is 25.7. The van der Waals surface area contributed by atoms with Crippen LogP contribution in [0.3, 0.4) is 0 Å². The Bertz CT molecular complexity index is 772. The number of halogens is 2. The van der Waals surface area contributed by atoms with Crippen molar-refractivity contribution in [2.24, 2.45) is 5.92 Å². The molecule has 1 aliphatic rings. The maximum atomic E-state index is 12.6. The van der Waals surface area contributed by atoms with Gasteiger partial charge in [0.05, 0.1) is 25.0 Å². The first-order valence-corrected chi connectivity index (χ1v) is 10.5. The number of carbonyl (C=O) groups is 2. The largest absolute Gasteiger partial charge is 0.469 e. The second-order valence-electron chi connectivity index (χ2n) is 6.08. The zero-order valence-electron chi connectivity index (χ0n) is 14.4. The van der Waals surface area contributed by atoms with Gasteiger partial charge in [-0.3, -0.25) is 13.9 Å². The van der Waals surface area contributed by atoms with Crippen molar-refractivity contribution in [3.63, 3.8) is 0 Å². The Labute approximate surface area is 162 Å². The third-order valence-corrected chi connectivity index (χ3v) is 5.77. The summed E-state index contributed by atoms with van der Waals surface area (Å²) >= 11 is 11.9. The number of anilines is 1. The van der Waals surface area contributed by atoms with Crippen LogP contribution in [0.25, 0.3) is 0 Å². The Balaban J connectivity index is 2.12. The van der Waals surface area contributed by atoms with Crippen LogP contribution in [0.4, 0.5) is 5.69 Å². The molecule has 1 fully saturated rings. The molecule has 0 aromatic heterocycles. The Morgan fingerprint density at radius 1 is 1.19 bits per heavy atom. The molecule has 0 saturated carbocycles. The molecule has 144 valence electrons. The number of piperidine rings is 1. The first-order chi connectivity index (χ1) is 12.1. The Kier molecular flexibility index (Phi) is 6.76. The van der Waals surface area contributed by atoms with E-state index in [2.05, 4.69) is 0 Å². The van der Waals surface area contributed by atoms with Crippen LogP contribution in [-0.2, 0) is 24.3 Å². The van der Waals surface area contributed by atoms with E-state index < -0.39 is 10.0 Å². The smallest absolute Gasteiger partial charge is 0.308 e. The van der Waals surface area contributed by atoms with E-state index in [0.29, 0.717) is 25.9 Å². The zero-order valence-corrected chi connectivity index (χ0v) is 16.8. The molecule has 1 heterocycles. The molecule has 0 unspecified atom stereocenters. The summed E-state index contributed by atoms with van der Waals surface area (Å²) in [5.41, 5.74) is 0.225. The number of amides is 1. The number of hydrogen-bond acceptors (Lipinski definition) is 5. The molecule has 1 aliphatic heterocycles. The molecule has 1 aromatic rings. The van der Waals surface area contributed by atoms with Crippen LogP contribution < -0.4 is 4.31 Å². The van der Waals surface area contributed by atoms with Crippen molar-refractivity contribution < 1.29 is 22.7 Å². The van der Waals surface area contributed by atoms with E-state index in [1.54, 1.807) is 4.90 Å². The first-order valence-electron chi connectivity index (χ1n) is 7.91. The van der Waals surface area contributed by atoms with Crippen molar-refractivity contribution >= 4 is 50.8 Å². The molecule has 1 amide bonds. The van der Waals surface area contributed by atoms with Crippen molar-refractivity contribution in [3.05, 3.63) is 28.2 Å². The first kappa shape index (κ1) is 20.8. The fraction of sp³-hybridized carbons (Fsp3) is 0.500. The molecule has 10 heteroatoms. The van der Waals surface area contributed by atoms with Crippen LogP contribution in [0.15, 0.2) is 18.2 Å². The quantitative estimate of drug-likeness (QED) is 0.678. The van der Waals surface area contributed by atoms with Gasteiger partial charge in [0, 0.05) is 23.1 Å². The zero-order chi connectivity index (χ0) is 19.5. The Hall–Kier alpha value is -1.51. The van der Waals surface area contributed by atoms with Crippen molar-refractivity contribution in [2.45, 2.75) is 12.8 Å². The van der Waals surface area contributed by atoms with Crippen LogP contribution in [0.5, 0.6) is 0 Å². The Morgan fingerprint density at radius 2 is 1.73 bits per heavy atom. The van der Waals surface area contributed by atoms with Crippen LogP contribution in [-0.4, -0.2) is 58.2 Å². The van der Waals surface area contributed by atoms with Gasteiger partial charge in [-0.05, 0) is 31.0 Å². The molecule has 1 saturated heterocycles. The normalized spacial score (nSPS) is 15.6. The summed E-state index contributed by atoms with van der Waals surface area (Å²) in [6.45, 7) is 0.372. The fourth-order valence-electron chi connectivity index (χ4n) is 2.84. The molecule has 0 bridgehead atoms. The van der Waals surface area contributed by atoms with Crippen molar-refractivity contribution in [3.8, 4) is 0 Å². The number of ether oxygens (including phenoxy) is 1.